The van der Waals surface area contributed by atoms with Crippen molar-refractivity contribution in [3.05, 3.63) is 137 Å². The van der Waals surface area contributed by atoms with E-state index in [0.29, 0.717) is 11.2 Å². The van der Waals surface area contributed by atoms with E-state index in [0.717, 1.165) is 36.4 Å². The topological polar surface area (TPSA) is 60.3 Å². The first-order valence-corrected chi connectivity index (χ1v) is 14.8. The fourth-order valence-corrected chi connectivity index (χ4v) is 6.17. The summed E-state index contributed by atoms with van der Waals surface area (Å²) in [6.45, 7) is 0. The van der Waals surface area contributed by atoms with Crippen LogP contribution in [0.5, 0.6) is 0 Å². The predicted octanol–water partition coefficient (Wildman–Crippen LogP) is 10.9. The number of aromatic nitrogens is 4. The molecule has 1 aliphatic rings. The maximum atomic E-state index is 14.7. The number of H-pyrrole nitrogens is 3. The number of nitrogens with one attached hydrogen (secondary N) is 3. The molecule has 8 rings (SSSR count). The fourth-order valence-electron chi connectivity index (χ4n) is 6.17. The van der Waals surface area contributed by atoms with Crippen LogP contribution in [-0.4, -0.2) is 19.9 Å². The Balaban J connectivity index is 1.57. The van der Waals surface area contributed by atoms with Gasteiger partial charge in [-0.3, -0.25) is 0 Å². The van der Waals surface area contributed by atoms with Gasteiger partial charge in [-0.15, -0.1) is 0 Å². The lowest BCUT2D eigenvalue weighted by atomic mass is 10.0. The zero-order chi connectivity index (χ0) is 35.0. The summed E-state index contributed by atoms with van der Waals surface area (Å²) in [5, 5.41) is 0. The molecule has 0 amide bonds. The number of benzene rings is 3. The molecular weight excluding hydrogens is 671 g/mol. The molecule has 0 aliphatic carbocycles. The lowest BCUT2D eigenvalue weighted by Crippen LogP contribution is -1.94. The van der Waals surface area contributed by atoms with Gasteiger partial charge in [0, 0.05) is 44.3 Å². The summed E-state index contributed by atoms with van der Waals surface area (Å²) in [6, 6.07) is 13.9. The Labute approximate surface area is 274 Å². The summed E-state index contributed by atoms with van der Waals surface area (Å²) in [4.78, 5) is 13.9. The van der Waals surface area contributed by atoms with Crippen molar-refractivity contribution in [1.82, 2.24) is 19.9 Å². The second-order valence-electron chi connectivity index (χ2n) is 11.5. The average Bonchev–Trinajstić information content (AvgIpc) is 3.90. The van der Waals surface area contributed by atoms with E-state index < -0.39 is 52.4 Å². The molecule has 7 aromatic rings. The van der Waals surface area contributed by atoms with E-state index >= 15 is 0 Å². The number of hydrogen-bond donors (Lipinski definition) is 3. The number of hydrogen-bond acceptors (Lipinski definition) is 1. The Morgan fingerprint density at radius 1 is 0.340 bits per heavy atom. The largest absolute Gasteiger partial charge is 0.354 e. The van der Waals surface area contributed by atoms with Crippen molar-refractivity contribution in [2.45, 2.75) is 0 Å². The molecule has 3 N–H and O–H groups in total. The number of aromatic amines is 3. The summed E-state index contributed by atoms with van der Waals surface area (Å²) >= 11 is 0. The first kappa shape index (κ1) is 31.1. The zero-order valence-electron chi connectivity index (χ0n) is 24.9. The molecule has 0 unspecified atom stereocenters. The number of rotatable bonds is 3. The van der Waals surface area contributed by atoms with Crippen LogP contribution in [0.3, 0.4) is 0 Å². The van der Waals surface area contributed by atoms with Crippen LogP contribution >= 0.6 is 0 Å². The summed E-state index contributed by atoms with van der Waals surface area (Å²) in [6.07, 6.45) is 3.12. The SMILES string of the molecule is Fc1cc(-c2c3nc(c4ccc([nH]4)c(-c4cc(F)c(F)c(F)c4)c4ccc([nH]4)c(-c4cc(F)c(F)c(F)c4)c4ccc2[nH]4)C=C3)cc(F)c1F. The van der Waals surface area contributed by atoms with E-state index in [1.165, 1.54) is 30.3 Å². The van der Waals surface area contributed by atoms with E-state index in [9.17, 15) is 39.5 Å². The minimum absolute atomic E-state index is 0.0742. The van der Waals surface area contributed by atoms with Gasteiger partial charge < -0.3 is 15.0 Å². The van der Waals surface area contributed by atoms with Crippen LogP contribution in [0.2, 0.25) is 0 Å². The Kier molecular flexibility index (Phi) is 7.10. The van der Waals surface area contributed by atoms with Gasteiger partial charge in [0.1, 0.15) is 0 Å². The maximum Gasteiger partial charge on any atom is 0.194 e. The van der Waals surface area contributed by atoms with Gasteiger partial charge >= 0.3 is 0 Å². The molecule has 8 bridgehead atoms. The van der Waals surface area contributed by atoms with Crippen LogP contribution in [-0.2, 0) is 0 Å². The third-order valence-electron chi connectivity index (χ3n) is 8.39. The molecule has 0 radical (unpaired) electrons. The molecule has 0 fully saturated rings. The molecule has 0 saturated carbocycles. The van der Waals surface area contributed by atoms with Gasteiger partial charge in [-0.25, -0.2) is 44.5 Å². The smallest absolute Gasteiger partial charge is 0.194 e. The molecule has 0 saturated heterocycles. The third-order valence-corrected chi connectivity index (χ3v) is 8.39. The molecule has 4 aromatic heterocycles. The Bertz CT molecular complexity index is 2650. The summed E-state index contributed by atoms with van der Waals surface area (Å²) in [5.74, 6) is -13.9. The van der Waals surface area contributed by atoms with Gasteiger partial charge in [-0.2, -0.15) is 0 Å². The van der Waals surface area contributed by atoms with Crippen LogP contribution in [0, 0.1) is 52.4 Å². The monoisotopic (exact) mass is 688 g/mol. The standard InChI is InChI=1S/C37H17F9N4/c38-18-9-15(10-19(39)35(18)44)32-26-3-1-24(47-26)25-2-4-27(48-25)33(16-11-20(40)36(45)21(41)12-16)29-6-8-31(50-29)34(30-7-5-28(32)49-30)17-13-22(42)37(46)23(43)14-17/h1-14,47,49-50H. The Morgan fingerprint density at radius 2 is 0.620 bits per heavy atom. The maximum absolute atomic E-state index is 14.7. The molecule has 1 aliphatic heterocycles. The van der Waals surface area contributed by atoms with E-state index in [1.807, 2.05) is 0 Å². The van der Waals surface area contributed by atoms with Gasteiger partial charge in [-0.05, 0) is 102 Å². The lowest BCUT2D eigenvalue weighted by molar-refractivity contribution is 0.447. The normalized spacial score (nSPS) is 12.0. The van der Waals surface area contributed by atoms with E-state index in [4.69, 9.17) is 0 Å². The van der Waals surface area contributed by atoms with Crippen LogP contribution in [0.15, 0.2) is 72.8 Å². The highest BCUT2D eigenvalue weighted by Crippen LogP contribution is 2.37. The first-order valence-electron chi connectivity index (χ1n) is 14.8. The van der Waals surface area contributed by atoms with Crippen LogP contribution in [0.1, 0.15) is 11.4 Å². The van der Waals surface area contributed by atoms with Gasteiger partial charge in [0.05, 0.1) is 16.9 Å². The molecular formula is C37H17F9N4. The summed E-state index contributed by atoms with van der Waals surface area (Å²) in [5.41, 5.74) is 2.00. The highest BCUT2D eigenvalue weighted by Gasteiger charge is 2.20. The van der Waals surface area contributed by atoms with Gasteiger partial charge in [0.25, 0.3) is 0 Å². The van der Waals surface area contributed by atoms with E-state index in [2.05, 4.69) is 19.9 Å². The average molecular weight is 689 g/mol. The number of fused-ring (bicyclic) bond motifs is 9. The molecule has 13 heteroatoms. The number of nitrogens with zero attached hydrogens (tertiary/aromatic N) is 1. The van der Waals surface area contributed by atoms with Gasteiger partial charge in [0.15, 0.2) is 52.4 Å². The van der Waals surface area contributed by atoms with Crippen molar-refractivity contribution < 1.29 is 39.5 Å². The highest BCUT2D eigenvalue weighted by atomic mass is 19.2. The van der Waals surface area contributed by atoms with Crippen molar-refractivity contribution in [2.75, 3.05) is 0 Å². The minimum atomic E-state index is -1.71. The minimum Gasteiger partial charge on any atom is -0.354 e. The molecule has 3 aromatic carbocycles. The van der Waals surface area contributed by atoms with Gasteiger partial charge in [0.2, 0.25) is 0 Å². The first-order chi connectivity index (χ1) is 24.0. The molecule has 50 heavy (non-hydrogen) atoms. The van der Waals surface area contributed by atoms with Crippen molar-refractivity contribution in [2.24, 2.45) is 0 Å². The van der Waals surface area contributed by atoms with E-state index in [1.54, 1.807) is 18.2 Å². The summed E-state index contributed by atoms with van der Waals surface area (Å²) in [7, 11) is 0. The highest BCUT2D eigenvalue weighted by molar-refractivity contribution is 6.00. The van der Waals surface area contributed by atoms with Crippen LogP contribution in [0.25, 0.3) is 78.6 Å². The fraction of sp³-hybridized carbons (Fsp3) is 0. The third kappa shape index (κ3) is 5.00. The molecule has 0 atom stereocenters. The van der Waals surface area contributed by atoms with Crippen LogP contribution in [0.4, 0.5) is 39.5 Å². The lowest BCUT2D eigenvalue weighted by Gasteiger charge is -2.07. The summed E-state index contributed by atoms with van der Waals surface area (Å²) < 4.78 is 130. The quantitative estimate of drug-likeness (QED) is 0.126. The molecule has 5 heterocycles. The molecule has 4 nitrogen and oxygen atoms in total. The van der Waals surface area contributed by atoms with E-state index in [-0.39, 0.29) is 66.7 Å². The Hall–Kier alpha value is -6.24. The van der Waals surface area contributed by atoms with Gasteiger partial charge in [-0.1, -0.05) is 0 Å². The predicted molar refractivity (Wildman–Crippen MR) is 171 cm³/mol. The number of halogens is 9. The van der Waals surface area contributed by atoms with Crippen molar-refractivity contribution in [3.8, 4) is 33.4 Å². The van der Waals surface area contributed by atoms with Crippen molar-refractivity contribution >= 4 is 45.3 Å². The van der Waals surface area contributed by atoms with Crippen molar-refractivity contribution in [1.29, 1.82) is 0 Å². The zero-order valence-corrected chi connectivity index (χ0v) is 24.9. The Morgan fingerprint density at radius 3 is 1.00 bits per heavy atom. The molecule has 248 valence electrons. The van der Waals surface area contributed by atoms with Crippen molar-refractivity contribution in [3.63, 3.8) is 0 Å². The van der Waals surface area contributed by atoms with Crippen LogP contribution < -0.4 is 0 Å². The molecule has 0 spiro atoms. The second-order valence-corrected chi connectivity index (χ2v) is 11.5. The second kappa shape index (κ2) is 11.4.